The molecule has 6 heteroatoms. The molecule has 6 nitrogen and oxygen atoms in total. The molecule has 0 aromatic rings. The van der Waals surface area contributed by atoms with Crippen LogP contribution in [0.4, 0.5) is 0 Å². The van der Waals surface area contributed by atoms with Crippen LogP contribution >= 0.6 is 0 Å². The number of ether oxygens (including phenoxy) is 1. The van der Waals surface area contributed by atoms with Crippen LogP contribution in [0.15, 0.2) is 72.9 Å². The summed E-state index contributed by atoms with van der Waals surface area (Å²) < 4.78 is 5.93. The molecule has 0 saturated heterocycles. The highest BCUT2D eigenvalue weighted by Crippen LogP contribution is 2.18. The third kappa shape index (κ3) is 47.6. The molecule has 0 radical (unpaired) electrons. The van der Waals surface area contributed by atoms with Crippen molar-refractivity contribution in [2.24, 2.45) is 0 Å². The Kier molecular flexibility index (Phi) is 50.1. The molecule has 0 rings (SSSR count). The minimum Gasteiger partial charge on any atom is -0.462 e. The van der Waals surface area contributed by atoms with Crippen LogP contribution in [-0.4, -0.2) is 46.9 Å². The topological polar surface area (TPSA) is 95.9 Å². The summed E-state index contributed by atoms with van der Waals surface area (Å²) in [5.74, 6) is -0.520. The smallest absolute Gasteiger partial charge is 0.306 e. The zero-order valence-electron chi connectivity index (χ0n) is 42.9. The van der Waals surface area contributed by atoms with E-state index >= 15 is 0 Å². The Morgan fingerprint density at radius 3 is 1.29 bits per heavy atom. The number of hydrogen-bond acceptors (Lipinski definition) is 5. The zero-order valence-corrected chi connectivity index (χ0v) is 42.9. The van der Waals surface area contributed by atoms with Crippen LogP contribution in [-0.2, 0) is 14.3 Å². The van der Waals surface area contributed by atoms with E-state index in [1.807, 2.05) is 0 Å². The average molecular weight is 908 g/mol. The van der Waals surface area contributed by atoms with Gasteiger partial charge >= 0.3 is 5.97 Å². The predicted octanol–water partition coefficient (Wildman–Crippen LogP) is 17.0. The lowest BCUT2D eigenvalue weighted by Crippen LogP contribution is -2.46. The van der Waals surface area contributed by atoms with Crippen molar-refractivity contribution in [1.82, 2.24) is 5.32 Å². The average Bonchev–Trinajstić information content (AvgIpc) is 3.30. The fourth-order valence-electron chi connectivity index (χ4n) is 8.10. The number of aliphatic hydroxyl groups excluding tert-OH is 2. The molecule has 0 aromatic carbocycles. The van der Waals surface area contributed by atoms with Gasteiger partial charge in [0, 0.05) is 6.42 Å². The second kappa shape index (κ2) is 52.3. The van der Waals surface area contributed by atoms with Crippen molar-refractivity contribution in [3.63, 3.8) is 0 Å². The number of hydrogen-bond donors (Lipinski definition) is 3. The Morgan fingerprint density at radius 2 is 0.831 bits per heavy atom. The van der Waals surface area contributed by atoms with Gasteiger partial charge in [-0.15, -0.1) is 0 Å². The summed E-state index contributed by atoms with van der Waals surface area (Å²) in [5.41, 5.74) is 0. The Bertz CT molecular complexity index is 1200. The van der Waals surface area contributed by atoms with Gasteiger partial charge in [-0.1, -0.05) is 229 Å². The van der Waals surface area contributed by atoms with Crippen LogP contribution in [0.1, 0.15) is 265 Å². The Balaban J connectivity index is 4.65. The van der Waals surface area contributed by atoms with Crippen molar-refractivity contribution in [2.45, 2.75) is 283 Å². The van der Waals surface area contributed by atoms with Crippen molar-refractivity contribution in [2.75, 3.05) is 6.61 Å². The summed E-state index contributed by atoms with van der Waals surface area (Å²) >= 11 is 0. The summed E-state index contributed by atoms with van der Waals surface area (Å²) in [5, 5.41) is 23.8. The minimum atomic E-state index is -0.801. The first kappa shape index (κ1) is 62.3. The van der Waals surface area contributed by atoms with E-state index in [0.717, 1.165) is 116 Å². The second-order valence-corrected chi connectivity index (χ2v) is 18.6. The zero-order chi connectivity index (χ0) is 47.4. The fourth-order valence-corrected chi connectivity index (χ4v) is 8.10. The lowest BCUT2D eigenvalue weighted by atomic mass is 10.0. The van der Waals surface area contributed by atoms with Gasteiger partial charge in [0.05, 0.1) is 25.2 Å². The third-order valence-electron chi connectivity index (χ3n) is 12.3. The van der Waals surface area contributed by atoms with Crippen molar-refractivity contribution >= 4 is 11.9 Å². The van der Waals surface area contributed by atoms with E-state index in [-0.39, 0.29) is 24.9 Å². The van der Waals surface area contributed by atoms with E-state index in [1.54, 1.807) is 0 Å². The molecule has 0 fully saturated rings. The van der Waals surface area contributed by atoms with E-state index in [4.69, 9.17) is 4.74 Å². The summed E-state index contributed by atoms with van der Waals surface area (Å²) in [7, 11) is 0. The lowest BCUT2D eigenvalue weighted by molar-refractivity contribution is -0.151. The SMILES string of the molecule is CC/C=C/C/C=C/C/C=C/CCCCCCC(=O)OC(CCCCCC/C=C\C/C=C\C/C=C\CCCCC)CC(=O)NC(CO)C(O)CCCCCCCCCCCCCCCCC. The van der Waals surface area contributed by atoms with Gasteiger partial charge in [-0.25, -0.2) is 0 Å². The van der Waals surface area contributed by atoms with Crippen LogP contribution in [0.2, 0.25) is 0 Å². The van der Waals surface area contributed by atoms with Crippen molar-refractivity contribution in [3.05, 3.63) is 72.9 Å². The van der Waals surface area contributed by atoms with Crippen LogP contribution in [0.25, 0.3) is 0 Å². The van der Waals surface area contributed by atoms with Crippen LogP contribution in [0, 0.1) is 0 Å². The minimum absolute atomic E-state index is 0.0514. The van der Waals surface area contributed by atoms with Crippen LogP contribution < -0.4 is 5.32 Å². The first-order valence-corrected chi connectivity index (χ1v) is 27.7. The van der Waals surface area contributed by atoms with Gasteiger partial charge in [-0.3, -0.25) is 9.59 Å². The molecule has 65 heavy (non-hydrogen) atoms. The molecule has 3 atom stereocenters. The van der Waals surface area contributed by atoms with Crippen LogP contribution in [0.3, 0.4) is 0 Å². The highest BCUT2D eigenvalue weighted by atomic mass is 16.5. The largest absolute Gasteiger partial charge is 0.462 e. The fraction of sp³-hybridized carbons (Fsp3) is 0.763. The molecule has 3 unspecified atom stereocenters. The molecule has 0 aromatic heterocycles. The molecule has 0 aliphatic heterocycles. The highest BCUT2D eigenvalue weighted by Gasteiger charge is 2.24. The Morgan fingerprint density at radius 1 is 0.462 bits per heavy atom. The Labute approximate surface area is 402 Å². The van der Waals surface area contributed by atoms with Gasteiger partial charge in [0.1, 0.15) is 6.10 Å². The van der Waals surface area contributed by atoms with E-state index in [0.29, 0.717) is 19.3 Å². The van der Waals surface area contributed by atoms with Crippen LogP contribution in [0.5, 0.6) is 0 Å². The number of aliphatic hydroxyl groups is 2. The molecule has 0 spiro atoms. The maximum atomic E-state index is 13.2. The van der Waals surface area contributed by atoms with E-state index in [2.05, 4.69) is 99.0 Å². The number of amides is 1. The highest BCUT2D eigenvalue weighted by molar-refractivity contribution is 5.77. The maximum absolute atomic E-state index is 13.2. The third-order valence-corrected chi connectivity index (χ3v) is 12.3. The van der Waals surface area contributed by atoms with E-state index < -0.39 is 18.2 Å². The monoisotopic (exact) mass is 908 g/mol. The van der Waals surface area contributed by atoms with Crippen molar-refractivity contribution < 1.29 is 24.5 Å². The lowest BCUT2D eigenvalue weighted by Gasteiger charge is -2.24. The molecule has 1 amide bonds. The summed E-state index contributed by atoms with van der Waals surface area (Å²) in [6.45, 7) is 6.35. The predicted molar refractivity (Wildman–Crippen MR) is 282 cm³/mol. The summed E-state index contributed by atoms with van der Waals surface area (Å²) in [6.07, 6.45) is 66.7. The first-order valence-electron chi connectivity index (χ1n) is 27.7. The maximum Gasteiger partial charge on any atom is 0.306 e. The van der Waals surface area contributed by atoms with E-state index in [9.17, 15) is 19.8 Å². The normalized spacial score (nSPS) is 13.7. The van der Waals surface area contributed by atoms with Crippen molar-refractivity contribution in [1.29, 1.82) is 0 Å². The Hall–Kier alpha value is -2.70. The quantitative estimate of drug-likeness (QED) is 0.0321. The number of carbonyl (C=O) groups is 2. The number of carbonyl (C=O) groups excluding carboxylic acids is 2. The number of allylic oxidation sites excluding steroid dienone is 12. The second-order valence-electron chi connectivity index (χ2n) is 18.6. The number of unbranched alkanes of at least 4 members (excludes halogenated alkanes) is 25. The van der Waals surface area contributed by atoms with Gasteiger partial charge in [0.15, 0.2) is 0 Å². The van der Waals surface area contributed by atoms with E-state index in [1.165, 1.54) is 103 Å². The van der Waals surface area contributed by atoms with Gasteiger partial charge in [-0.05, 0) is 96.3 Å². The molecule has 0 aliphatic rings. The molecule has 0 aliphatic carbocycles. The summed E-state index contributed by atoms with van der Waals surface area (Å²) in [4.78, 5) is 26.2. The molecular formula is C59H105NO5. The van der Waals surface area contributed by atoms with Gasteiger partial charge < -0.3 is 20.3 Å². The molecule has 376 valence electrons. The number of esters is 1. The number of nitrogens with one attached hydrogen (secondary N) is 1. The molecular weight excluding hydrogens is 803 g/mol. The number of rotatable bonds is 49. The molecule has 0 saturated carbocycles. The van der Waals surface area contributed by atoms with Gasteiger partial charge in [0.25, 0.3) is 0 Å². The standard InChI is InChI=1S/C59H105NO5/c1-4-7-10-13-16-19-22-25-28-29-31-32-35-38-41-44-47-50-55(65-59(64)52-49-46-43-40-37-34-27-24-21-18-15-12-9-6-3)53-58(63)60-56(54-61)57(62)51-48-45-42-39-36-33-30-26-23-20-17-14-11-8-5-2/h9,12,16,18-19,21,25,27-28,31-32,34,55-57,61-62H,4-8,10-11,13-15,17,20,22-24,26,29-30,33,35-54H2,1-3H3,(H,60,63)/b12-9+,19-16-,21-18+,28-25-,32-31-,34-27+. The van der Waals surface area contributed by atoms with Crippen molar-refractivity contribution in [3.8, 4) is 0 Å². The molecule has 0 heterocycles. The van der Waals surface area contributed by atoms with Gasteiger partial charge in [-0.2, -0.15) is 0 Å². The molecule has 0 bridgehead atoms. The first-order chi connectivity index (χ1) is 32.0. The van der Waals surface area contributed by atoms with Gasteiger partial charge in [0.2, 0.25) is 5.91 Å². The molecule has 3 N–H and O–H groups in total. The summed E-state index contributed by atoms with van der Waals surface area (Å²) in [6, 6.07) is -0.717.